The molecule has 1 N–H and O–H groups in total. The molecule has 1 aliphatic heterocycles. The molecule has 1 saturated heterocycles. The third kappa shape index (κ3) is 3.18. The van der Waals surface area contributed by atoms with E-state index in [2.05, 4.69) is 4.98 Å². The number of aromatic nitrogens is 2. The van der Waals surface area contributed by atoms with Crippen LogP contribution in [0.3, 0.4) is 0 Å². The van der Waals surface area contributed by atoms with Crippen LogP contribution in [0.2, 0.25) is 0 Å². The third-order valence-electron chi connectivity index (χ3n) is 2.86. The van der Waals surface area contributed by atoms with Crippen LogP contribution in [0, 0.1) is 0 Å². The van der Waals surface area contributed by atoms with Gasteiger partial charge in [0.05, 0.1) is 6.10 Å². The van der Waals surface area contributed by atoms with Gasteiger partial charge in [0.25, 0.3) is 0 Å². The van der Waals surface area contributed by atoms with Gasteiger partial charge in [0.2, 0.25) is 0 Å². The zero-order valence-electron chi connectivity index (χ0n) is 9.50. The summed E-state index contributed by atoms with van der Waals surface area (Å²) in [4.78, 5) is 4.27. The Morgan fingerprint density at radius 3 is 3.12 bits per heavy atom. The molecule has 3 nitrogen and oxygen atoms in total. The van der Waals surface area contributed by atoms with Gasteiger partial charge < -0.3 is 9.67 Å². The molecule has 0 amide bonds. The fourth-order valence-electron chi connectivity index (χ4n) is 1.83. The minimum absolute atomic E-state index is 0.186. The molecule has 0 aromatic carbocycles. The topological polar surface area (TPSA) is 38.0 Å². The number of hydrogen-bond acceptors (Lipinski definition) is 4. The standard InChI is InChI=1S/C11H18N2OS2/c1-13-5-4-12-11(13)3-2-9(14)10-8-15-6-7-16-10/h4-5,9-10,14H,2-3,6-8H2,1H3. The molecule has 16 heavy (non-hydrogen) atoms. The first-order valence-electron chi connectivity index (χ1n) is 5.61. The Balaban J connectivity index is 1.78. The highest BCUT2D eigenvalue weighted by atomic mass is 32.2. The Kier molecular flexibility index (Phi) is 4.61. The number of aliphatic hydroxyl groups is 1. The monoisotopic (exact) mass is 258 g/mol. The number of aryl methyl sites for hydroxylation is 2. The number of nitrogens with zero attached hydrogens (tertiary/aromatic N) is 2. The van der Waals surface area contributed by atoms with E-state index < -0.39 is 0 Å². The lowest BCUT2D eigenvalue weighted by atomic mass is 10.1. The van der Waals surface area contributed by atoms with Crippen LogP contribution in [0.5, 0.6) is 0 Å². The quantitative estimate of drug-likeness (QED) is 0.889. The molecule has 2 rings (SSSR count). The van der Waals surface area contributed by atoms with Gasteiger partial charge in [-0.3, -0.25) is 0 Å². The van der Waals surface area contributed by atoms with E-state index in [9.17, 15) is 5.11 Å². The van der Waals surface area contributed by atoms with Crippen molar-refractivity contribution in [3.8, 4) is 0 Å². The molecule has 5 heteroatoms. The number of imidazole rings is 1. The van der Waals surface area contributed by atoms with Crippen LogP contribution >= 0.6 is 23.5 Å². The van der Waals surface area contributed by atoms with E-state index >= 15 is 0 Å². The van der Waals surface area contributed by atoms with Gasteiger partial charge in [0, 0.05) is 48.4 Å². The van der Waals surface area contributed by atoms with Crippen LogP contribution in [0.1, 0.15) is 12.2 Å². The van der Waals surface area contributed by atoms with Crippen molar-refractivity contribution in [3.63, 3.8) is 0 Å². The van der Waals surface area contributed by atoms with Gasteiger partial charge in [-0.25, -0.2) is 4.98 Å². The van der Waals surface area contributed by atoms with Gasteiger partial charge in [-0.2, -0.15) is 23.5 Å². The van der Waals surface area contributed by atoms with Crippen molar-refractivity contribution in [2.45, 2.75) is 24.2 Å². The molecule has 2 atom stereocenters. The van der Waals surface area contributed by atoms with Crippen molar-refractivity contribution in [2.75, 3.05) is 17.3 Å². The number of aliphatic hydroxyl groups excluding tert-OH is 1. The molecule has 1 aliphatic rings. The highest BCUT2D eigenvalue weighted by molar-refractivity contribution is 8.06. The largest absolute Gasteiger partial charge is 0.392 e. The summed E-state index contributed by atoms with van der Waals surface area (Å²) in [5.41, 5.74) is 0. The van der Waals surface area contributed by atoms with Gasteiger partial charge in [-0.15, -0.1) is 0 Å². The fraction of sp³-hybridized carbons (Fsp3) is 0.727. The third-order valence-corrected chi connectivity index (χ3v) is 5.76. The maximum absolute atomic E-state index is 10.1. The second-order valence-electron chi connectivity index (χ2n) is 4.04. The average molecular weight is 258 g/mol. The highest BCUT2D eigenvalue weighted by Gasteiger charge is 2.22. The summed E-state index contributed by atoms with van der Waals surface area (Å²) in [6, 6.07) is 0. The van der Waals surface area contributed by atoms with E-state index in [1.807, 2.05) is 47.5 Å². The Hall–Kier alpha value is -0.130. The van der Waals surface area contributed by atoms with E-state index in [4.69, 9.17) is 0 Å². The summed E-state index contributed by atoms with van der Waals surface area (Å²) in [5.74, 6) is 4.56. The van der Waals surface area contributed by atoms with E-state index in [0.29, 0.717) is 5.25 Å². The molecule has 1 fully saturated rings. The first-order valence-corrected chi connectivity index (χ1v) is 7.81. The minimum atomic E-state index is -0.186. The van der Waals surface area contributed by atoms with Crippen molar-refractivity contribution >= 4 is 23.5 Å². The molecule has 1 aromatic rings. The normalized spacial score (nSPS) is 23.2. The average Bonchev–Trinajstić information content (AvgIpc) is 2.73. The summed E-state index contributed by atoms with van der Waals surface area (Å²) in [6.07, 6.45) is 5.27. The van der Waals surface area contributed by atoms with E-state index in [1.165, 1.54) is 11.5 Å². The zero-order valence-corrected chi connectivity index (χ0v) is 11.1. The van der Waals surface area contributed by atoms with E-state index in [0.717, 1.165) is 24.4 Å². The first kappa shape index (κ1) is 12.3. The molecule has 90 valence electrons. The van der Waals surface area contributed by atoms with Gasteiger partial charge in [-0.05, 0) is 6.42 Å². The molecular weight excluding hydrogens is 240 g/mol. The summed E-state index contributed by atoms with van der Waals surface area (Å²) < 4.78 is 2.02. The van der Waals surface area contributed by atoms with Crippen LogP contribution < -0.4 is 0 Å². The van der Waals surface area contributed by atoms with Crippen molar-refractivity contribution in [1.29, 1.82) is 0 Å². The fourth-order valence-corrected chi connectivity index (χ4v) is 4.64. The molecule has 0 radical (unpaired) electrons. The summed E-state index contributed by atoms with van der Waals surface area (Å²) in [7, 11) is 2.00. The number of rotatable bonds is 4. The predicted octanol–water partition coefficient (Wildman–Crippen LogP) is 1.56. The Morgan fingerprint density at radius 1 is 1.62 bits per heavy atom. The molecular formula is C11H18N2OS2. The lowest BCUT2D eigenvalue weighted by Crippen LogP contribution is -2.29. The lowest BCUT2D eigenvalue weighted by molar-refractivity contribution is 0.166. The van der Waals surface area contributed by atoms with Crippen LogP contribution in [-0.4, -0.2) is 43.3 Å². The van der Waals surface area contributed by atoms with Gasteiger partial charge in [-0.1, -0.05) is 0 Å². The summed E-state index contributed by atoms with van der Waals surface area (Å²) >= 11 is 3.87. The number of hydrogen-bond donors (Lipinski definition) is 1. The molecule has 2 heterocycles. The van der Waals surface area contributed by atoms with E-state index in [1.54, 1.807) is 0 Å². The molecule has 1 aromatic heterocycles. The predicted molar refractivity (Wildman–Crippen MR) is 71.1 cm³/mol. The van der Waals surface area contributed by atoms with Crippen LogP contribution in [0.4, 0.5) is 0 Å². The Bertz CT molecular complexity index is 324. The van der Waals surface area contributed by atoms with Crippen molar-refractivity contribution in [2.24, 2.45) is 7.05 Å². The summed E-state index contributed by atoms with van der Waals surface area (Å²) in [5, 5.41) is 10.5. The Morgan fingerprint density at radius 2 is 2.50 bits per heavy atom. The van der Waals surface area contributed by atoms with Crippen molar-refractivity contribution in [3.05, 3.63) is 18.2 Å². The molecule has 2 unspecified atom stereocenters. The molecule has 0 saturated carbocycles. The van der Waals surface area contributed by atoms with Gasteiger partial charge in [0.1, 0.15) is 5.82 Å². The lowest BCUT2D eigenvalue weighted by Gasteiger charge is -2.25. The Labute approximate surface area is 105 Å². The van der Waals surface area contributed by atoms with Crippen molar-refractivity contribution in [1.82, 2.24) is 9.55 Å². The first-order chi connectivity index (χ1) is 7.77. The maximum atomic E-state index is 10.1. The highest BCUT2D eigenvalue weighted by Crippen LogP contribution is 2.27. The van der Waals surface area contributed by atoms with Gasteiger partial charge >= 0.3 is 0 Å². The van der Waals surface area contributed by atoms with E-state index in [-0.39, 0.29) is 6.10 Å². The number of thioether (sulfide) groups is 2. The molecule has 0 spiro atoms. The van der Waals surface area contributed by atoms with Crippen LogP contribution in [-0.2, 0) is 13.5 Å². The van der Waals surface area contributed by atoms with Gasteiger partial charge in [0.15, 0.2) is 0 Å². The minimum Gasteiger partial charge on any atom is -0.392 e. The van der Waals surface area contributed by atoms with Crippen molar-refractivity contribution < 1.29 is 5.11 Å². The van der Waals surface area contributed by atoms with Crippen LogP contribution in [0.25, 0.3) is 0 Å². The summed E-state index contributed by atoms with van der Waals surface area (Å²) in [6.45, 7) is 0. The SMILES string of the molecule is Cn1ccnc1CCC(O)C1CSCCS1. The molecule has 0 aliphatic carbocycles. The maximum Gasteiger partial charge on any atom is 0.108 e. The smallest absolute Gasteiger partial charge is 0.108 e. The van der Waals surface area contributed by atoms with Crippen LogP contribution in [0.15, 0.2) is 12.4 Å². The zero-order chi connectivity index (χ0) is 11.4. The second-order valence-corrected chi connectivity index (χ2v) is 6.54. The second kappa shape index (κ2) is 5.98. The molecule has 0 bridgehead atoms.